The second-order valence-electron chi connectivity index (χ2n) is 12.6. The number of amides is 3. The van der Waals surface area contributed by atoms with Crippen LogP contribution in [-0.2, 0) is 17.8 Å². The van der Waals surface area contributed by atoms with Crippen molar-refractivity contribution in [2.75, 3.05) is 6.54 Å². The molecular formula is C37H40ClN3O4. The van der Waals surface area contributed by atoms with Crippen LogP contribution < -0.4 is 4.74 Å². The lowest BCUT2D eigenvalue weighted by Crippen LogP contribution is -2.37. The van der Waals surface area contributed by atoms with Crippen molar-refractivity contribution in [3.8, 4) is 11.5 Å². The summed E-state index contributed by atoms with van der Waals surface area (Å²) in [5.41, 5.74) is 4.08. The number of Topliss-reactive ketones (excluding diaryl/α,β-unsaturated/α-hetero) is 1. The first kappa shape index (κ1) is 30.9. The lowest BCUT2D eigenvalue weighted by Gasteiger charge is -2.30. The van der Waals surface area contributed by atoms with E-state index in [1.165, 1.54) is 18.2 Å². The third-order valence-electron chi connectivity index (χ3n) is 9.55. The molecule has 1 aliphatic heterocycles. The molecule has 7 nitrogen and oxygen atoms in total. The van der Waals surface area contributed by atoms with Gasteiger partial charge in [0, 0.05) is 41.6 Å². The predicted octanol–water partition coefficient (Wildman–Crippen LogP) is 8.72. The van der Waals surface area contributed by atoms with E-state index in [-0.39, 0.29) is 24.3 Å². The molecule has 1 N–H and O–H groups in total. The molecule has 0 bridgehead atoms. The minimum Gasteiger partial charge on any atom is -0.457 e. The number of nitrogens with zero attached hydrogens (tertiary/aromatic N) is 2. The molecule has 6 rings (SSSR count). The number of ketones is 1. The smallest absolute Gasteiger partial charge is 0.327 e. The summed E-state index contributed by atoms with van der Waals surface area (Å²) in [7, 11) is 0. The number of benzene rings is 3. The molecule has 1 aliphatic carbocycles. The van der Waals surface area contributed by atoms with E-state index in [1.807, 2.05) is 55.6 Å². The van der Waals surface area contributed by atoms with Crippen LogP contribution in [0.5, 0.6) is 11.5 Å². The van der Waals surface area contributed by atoms with Gasteiger partial charge in [-0.05, 0) is 85.5 Å². The number of H-pyrrole nitrogens is 1. The van der Waals surface area contributed by atoms with Crippen molar-refractivity contribution in [1.29, 1.82) is 0 Å². The quantitative estimate of drug-likeness (QED) is 0.141. The van der Waals surface area contributed by atoms with E-state index in [4.69, 9.17) is 16.3 Å². The molecule has 2 fully saturated rings. The number of ether oxygens (including phenoxy) is 1. The number of rotatable bonds is 10. The van der Waals surface area contributed by atoms with Gasteiger partial charge in [-0.1, -0.05) is 68.1 Å². The first-order valence-corrected chi connectivity index (χ1v) is 16.3. The van der Waals surface area contributed by atoms with Gasteiger partial charge in [0.05, 0.1) is 5.56 Å². The Morgan fingerprint density at radius 3 is 2.62 bits per heavy atom. The van der Waals surface area contributed by atoms with E-state index in [9.17, 15) is 14.4 Å². The van der Waals surface area contributed by atoms with Crippen molar-refractivity contribution < 1.29 is 19.1 Å². The van der Waals surface area contributed by atoms with E-state index in [2.05, 4.69) is 11.9 Å². The lowest BCUT2D eigenvalue weighted by atomic mass is 9.80. The molecule has 2 aliphatic rings. The van der Waals surface area contributed by atoms with E-state index in [0.29, 0.717) is 46.9 Å². The van der Waals surface area contributed by atoms with Crippen LogP contribution in [0.25, 0.3) is 10.9 Å². The number of carbonyl (C=O) groups is 3. The van der Waals surface area contributed by atoms with Gasteiger partial charge in [0.25, 0.3) is 5.91 Å². The van der Waals surface area contributed by atoms with Crippen molar-refractivity contribution in [1.82, 2.24) is 14.8 Å². The van der Waals surface area contributed by atoms with Crippen LogP contribution in [0.15, 0.2) is 66.9 Å². The first-order valence-electron chi connectivity index (χ1n) is 16.0. The van der Waals surface area contributed by atoms with Gasteiger partial charge in [-0.3, -0.25) is 14.5 Å². The number of halogens is 1. The number of carbonyl (C=O) groups excluding carboxylic acids is 3. The number of aromatic nitrogens is 1. The Kier molecular flexibility index (Phi) is 8.99. The van der Waals surface area contributed by atoms with Crippen LogP contribution in [0.2, 0.25) is 5.02 Å². The molecular weight excluding hydrogens is 586 g/mol. The number of hydrogen-bond donors (Lipinski definition) is 1. The van der Waals surface area contributed by atoms with Crippen LogP contribution in [0.3, 0.4) is 0 Å². The standard InChI is InChI=1S/C37H40ClN3O4/c1-4-25-8-7-9-26(16-25)22-41-36(43)34(18-28-20-39-33-11-6-5-10-30(28)33)40(37(41)44)21-27-13-15-35(31(17-27)24(3)42)45-29-14-12-23(2)32(38)19-29/h5-6,10-15,17,19-20,25-26,34,39H,4,7-9,16,18,21-22H2,1-3H3/t25-,26?,34+/m1/s1. The lowest BCUT2D eigenvalue weighted by molar-refractivity contribution is -0.128. The Morgan fingerprint density at radius 2 is 1.84 bits per heavy atom. The Morgan fingerprint density at radius 1 is 1.04 bits per heavy atom. The third-order valence-corrected chi connectivity index (χ3v) is 9.96. The maximum atomic E-state index is 14.1. The van der Waals surface area contributed by atoms with Crippen molar-refractivity contribution in [3.05, 3.63) is 94.1 Å². The topological polar surface area (TPSA) is 82.7 Å². The molecule has 3 amide bonds. The average Bonchev–Trinajstić information content (AvgIpc) is 3.54. The highest BCUT2D eigenvalue weighted by Gasteiger charge is 2.46. The molecule has 1 aromatic heterocycles. The fraction of sp³-hybridized carbons (Fsp3) is 0.378. The molecule has 2 heterocycles. The second-order valence-corrected chi connectivity index (χ2v) is 13.1. The van der Waals surface area contributed by atoms with Gasteiger partial charge >= 0.3 is 6.03 Å². The van der Waals surface area contributed by atoms with Gasteiger partial charge in [0.1, 0.15) is 17.5 Å². The molecule has 8 heteroatoms. The molecule has 1 unspecified atom stereocenters. The Bertz CT molecular complexity index is 1750. The van der Waals surface area contributed by atoms with Gasteiger partial charge in [-0.25, -0.2) is 4.79 Å². The number of fused-ring (bicyclic) bond motifs is 1. The highest BCUT2D eigenvalue weighted by atomic mass is 35.5. The largest absolute Gasteiger partial charge is 0.457 e. The first-order chi connectivity index (χ1) is 21.7. The molecule has 45 heavy (non-hydrogen) atoms. The zero-order valence-corrected chi connectivity index (χ0v) is 26.9. The predicted molar refractivity (Wildman–Crippen MR) is 177 cm³/mol. The molecule has 1 saturated heterocycles. The number of hydrogen-bond acceptors (Lipinski definition) is 4. The summed E-state index contributed by atoms with van der Waals surface area (Å²) in [6.45, 7) is 6.29. The van der Waals surface area contributed by atoms with Gasteiger partial charge in [-0.2, -0.15) is 0 Å². The van der Waals surface area contributed by atoms with Crippen LogP contribution in [-0.4, -0.2) is 45.1 Å². The van der Waals surface area contributed by atoms with Crippen LogP contribution in [0, 0.1) is 18.8 Å². The monoisotopic (exact) mass is 625 g/mol. The summed E-state index contributed by atoms with van der Waals surface area (Å²) in [6.07, 6.45) is 7.92. The van der Waals surface area contributed by atoms with E-state index in [0.717, 1.165) is 53.3 Å². The highest BCUT2D eigenvalue weighted by Crippen LogP contribution is 2.35. The molecule has 0 spiro atoms. The third kappa shape index (κ3) is 6.50. The summed E-state index contributed by atoms with van der Waals surface area (Å²) < 4.78 is 6.07. The van der Waals surface area contributed by atoms with Crippen molar-refractivity contribution in [3.63, 3.8) is 0 Å². The molecule has 0 radical (unpaired) electrons. The summed E-state index contributed by atoms with van der Waals surface area (Å²) in [5, 5.41) is 1.63. The Labute approximate surface area is 269 Å². The van der Waals surface area contributed by atoms with Gasteiger partial charge in [-0.15, -0.1) is 0 Å². The van der Waals surface area contributed by atoms with Gasteiger partial charge in [0.15, 0.2) is 5.78 Å². The number of nitrogens with one attached hydrogen (secondary N) is 1. The van der Waals surface area contributed by atoms with E-state index in [1.54, 1.807) is 23.1 Å². The molecule has 3 atom stereocenters. The molecule has 4 aromatic rings. The SMILES string of the molecule is CC[C@@H]1CCCC(CN2C(=O)[C@H](Cc3c[nH]c4ccccc34)N(Cc3ccc(Oc4ccc(C)c(Cl)c4)c(C(C)=O)c3)C2=O)C1. The van der Waals surface area contributed by atoms with Crippen LogP contribution in [0.1, 0.15) is 73.0 Å². The summed E-state index contributed by atoms with van der Waals surface area (Å²) in [4.78, 5) is 47.3. The van der Waals surface area contributed by atoms with Crippen molar-refractivity contribution in [2.24, 2.45) is 11.8 Å². The fourth-order valence-electron chi connectivity index (χ4n) is 6.95. The number of aryl methyl sites for hydroxylation is 1. The minimum atomic E-state index is -0.645. The Hall–Kier alpha value is -4.10. The molecule has 1 saturated carbocycles. The summed E-state index contributed by atoms with van der Waals surface area (Å²) in [5.74, 6) is 1.61. The normalized spacial score (nSPS) is 20.3. The van der Waals surface area contributed by atoms with Crippen LogP contribution >= 0.6 is 11.6 Å². The van der Waals surface area contributed by atoms with Crippen molar-refractivity contribution in [2.45, 2.75) is 71.9 Å². The van der Waals surface area contributed by atoms with E-state index < -0.39 is 6.04 Å². The fourth-order valence-corrected chi connectivity index (χ4v) is 7.12. The summed E-state index contributed by atoms with van der Waals surface area (Å²) >= 11 is 6.29. The molecule has 234 valence electrons. The minimum absolute atomic E-state index is 0.146. The van der Waals surface area contributed by atoms with Gasteiger partial charge < -0.3 is 14.6 Å². The van der Waals surface area contributed by atoms with Gasteiger partial charge in [0.2, 0.25) is 0 Å². The second kappa shape index (κ2) is 13.1. The Balaban J connectivity index is 1.29. The number of aromatic amines is 1. The highest BCUT2D eigenvalue weighted by molar-refractivity contribution is 6.31. The van der Waals surface area contributed by atoms with Crippen LogP contribution in [0.4, 0.5) is 4.79 Å². The number of imide groups is 1. The average molecular weight is 626 g/mol. The molecule has 3 aromatic carbocycles. The zero-order chi connectivity index (χ0) is 31.7. The van der Waals surface area contributed by atoms with E-state index >= 15 is 0 Å². The number of urea groups is 1. The number of para-hydroxylation sites is 1. The maximum absolute atomic E-state index is 14.1. The maximum Gasteiger partial charge on any atom is 0.327 e. The summed E-state index contributed by atoms with van der Waals surface area (Å²) in [6, 6.07) is 17.9. The van der Waals surface area contributed by atoms with Crippen molar-refractivity contribution >= 4 is 40.2 Å². The zero-order valence-electron chi connectivity index (χ0n) is 26.1.